The number of nitrogens with zero attached hydrogens (tertiary/aromatic N) is 1. The van der Waals surface area contributed by atoms with Crippen molar-refractivity contribution in [2.75, 3.05) is 5.75 Å². The number of carbonyl (C=O) groups excluding carboxylic acids is 1. The van der Waals surface area contributed by atoms with E-state index in [9.17, 15) is 9.59 Å². The number of ether oxygens (including phenoxy) is 1. The van der Waals surface area contributed by atoms with Gasteiger partial charge in [-0.1, -0.05) is 0 Å². The van der Waals surface area contributed by atoms with Crippen molar-refractivity contribution < 1.29 is 19.4 Å². The minimum absolute atomic E-state index is 0.0805. The number of rotatable bonds is 2. The molecule has 2 rings (SSSR count). The molecule has 0 radical (unpaired) electrons. The van der Waals surface area contributed by atoms with Gasteiger partial charge in [-0.25, -0.2) is 4.79 Å². The Kier molecular flexibility index (Phi) is 3.63. The smallest absolute Gasteiger partial charge is 0.327 e. The molecule has 0 aromatic carbocycles. The molecule has 1 amide bonds. The second-order valence-electron chi connectivity index (χ2n) is 4.54. The van der Waals surface area contributed by atoms with E-state index < -0.39 is 18.1 Å². The summed E-state index contributed by atoms with van der Waals surface area (Å²) in [5.74, 6) is -0.634. The van der Waals surface area contributed by atoms with Gasteiger partial charge in [0.15, 0.2) is 0 Å². The van der Waals surface area contributed by atoms with Crippen LogP contribution < -0.4 is 0 Å². The number of aliphatic carboxylic acids is 1. The Morgan fingerprint density at radius 1 is 1.35 bits per heavy atom. The third-order valence-electron chi connectivity index (χ3n) is 3.27. The van der Waals surface area contributed by atoms with Gasteiger partial charge >= 0.3 is 5.97 Å². The lowest BCUT2D eigenvalue weighted by Crippen LogP contribution is -2.49. The van der Waals surface area contributed by atoms with Crippen molar-refractivity contribution in [3.63, 3.8) is 0 Å². The SMILES string of the molecule is CC1CCC(C(=O)N2C(C)SCC2C(=O)O)O1. The Bertz CT molecular complexity index is 335. The molecule has 5 nitrogen and oxygen atoms in total. The predicted octanol–water partition coefficient (Wildman–Crippen LogP) is 0.928. The van der Waals surface area contributed by atoms with E-state index in [-0.39, 0.29) is 17.4 Å². The van der Waals surface area contributed by atoms with Crippen molar-refractivity contribution in [2.45, 2.75) is 50.3 Å². The molecular formula is C11H17NO4S. The molecule has 0 spiro atoms. The van der Waals surface area contributed by atoms with Crippen LogP contribution >= 0.6 is 11.8 Å². The van der Waals surface area contributed by atoms with E-state index in [1.807, 2.05) is 13.8 Å². The van der Waals surface area contributed by atoms with Crippen molar-refractivity contribution >= 4 is 23.6 Å². The Morgan fingerprint density at radius 2 is 2.06 bits per heavy atom. The van der Waals surface area contributed by atoms with E-state index in [0.29, 0.717) is 12.2 Å². The summed E-state index contributed by atoms with van der Waals surface area (Å²) in [6.07, 6.45) is 1.20. The highest BCUT2D eigenvalue weighted by atomic mass is 32.2. The van der Waals surface area contributed by atoms with Gasteiger partial charge in [0, 0.05) is 5.75 Å². The van der Waals surface area contributed by atoms with E-state index in [1.165, 1.54) is 16.7 Å². The van der Waals surface area contributed by atoms with Crippen LogP contribution in [0, 0.1) is 0 Å². The summed E-state index contributed by atoms with van der Waals surface area (Å²) >= 11 is 1.50. The number of amides is 1. The maximum Gasteiger partial charge on any atom is 0.327 e. The molecule has 0 aromatic heterocycles. The van der Waals surface area contributed by atoms with Gasteiger partial charge in [-0.05, 0) is 26.7 Å². The van der Waals surface area contributed by atoms with Gasteiger partial charge in [0.25, 0.3) is 5.91 Å². The lowest BCUT2D eigenvalue weighted by atomic mass is 10.1. The van der Waals surface area contributed by atoms with Gasteiger partial charge < -0.3 is 14.7 Å². The first-order valence-electron chi connectivity index (χ1n) is 5.82. The predicted molar refractivity (Wildman–Crippen MR) is 63.8 cm³/mol. The topological polar surface area (TPSA) is 66.8 Å². The molecule has 0 aliphatic carbocycles. The average Bonchev–Trinajstić information content (AvgIpc) is 2.83. The van der Waals surface area contributed by atoms with Gasteiger partial charge in [-0.15, -0.1) is 11.8 Å². The minimum atomic E-state index is -0.929. The normalized spacial score (nSPS) is 37.4. The van der Waals surface area contributed by atoms with Crippen LogP contribution in [0.1, 0.15) is 26.7 Å². The molecule has 4 unspecified atom stereocenters. The van der Waals surface area contributed by atoms with Crippen LogP contribution in [0.3, 0.4) is 0 Å². The Hall–Kier alpha value is -0.750. The summed E-state index contributed by atoms with van der Waals surface area (Å²) in [6, 6.07) is -0.706. The average molecular weight is 259 g/mol. The molecule has 2 saturated heterocycles. The number of carboxylic acids is 1. The molecule has 6 heteroatoms. The molecule has 2 fully saturated rings. The van der Waals surface area contributed by atoms with Gasteiger partial charge in [0.1, 0.15) is 12.1 Å². The summed E-state index contributed by atoms with van der Waals surface area (Å²) < 4.78 is 5.52. The fraction of sp³-hybridized carbons (Fsp3) is 0.818. The quantitative estimate of drug-likeness (QED) is 0.799. The Labute approximate surface area is 104 Å². The number of thioether (sulfide) groups is 1. The van der Waals surface area contributed by atoms with E-state index in [1.54, 1.807) is 0 Å². The molecule has 2 heterocycles. The summed E-state index contributed by atoms with van der Waals surface area (Å²) in [4.78, 5) is 24.8. The number of hydrogen-bond acceptors (Lipinski definition) is 4. The monoisotopic (exact) mass is 259 g/mol. The van der Waals surface area contributed by atoms with Crippen molar-refractivity contribution in [1.29, 1.82) is 0 Å². The zero-order chi connectivity index (χ0) is 12.6. The van der Waals surface area contributed by atoms with E-state index >= 15 is 0 Å². The van der Waals surface area contributed by atoms with Crippen molar-refractivity contribution in [2.24, 2.45) is 0 Å². The van der Waals surface area contributed by atoms with Crippen LogP contribution in [0.4, 0.5) is 0 Å². The number of hydrogen-bond donors (Lipinski definition) is 1. The van der Waals surface area contributed by atoms with E-state index in [4.69, 9.17) is 9.84 Å². The summed E-state index contributed by atoms with van der Waals surface area (Å²) in [5.41, 5.74) is 0. The first-order valence-corrected chi connectivity index (χ1v) is 6.87. The van der Waals surface area contributed by atoms with Crippen LogP contribution in [0.25, 0.3) is 0 Å². The highest BCUT2D eigenvalue weighted by Gasteiger charge is 2.43. The van der Waals surface area contributed by atoms with Crippen LogP contribution in [0.5, 0.6) is 0 Å². The van der Waals surface area contributed by atoms with Crippen LogP contribution in [-0.2, 0) is 14.3 Å². The Morgan fingerprint density at radius 3 is 2.59 bits per heavy atom. The molecule has 2 aliphatic heterocycles. The van der Waals surface area contributed by atoms with Crippen LogP contribution in [0.2, 0.25) is 0 Å². The Balaban J connectivity index is 2.09. The first kappa shape index (κ1) is 12.7. The number of carbonyl (C=O) groups is 2. The molecule has 1 N–H and O–H groups in total. The fourth-order valence-electron chi connectivity index (χ4n) is 2.32. The largest absolute Gasteiger partial charge is 0.480 e. The van der Waals surface area contributed by atoms with Gasteiger partial charge in [-0.3, -0.25) is 4.79 Å². The zero-order valence-electron chi connectivity index (χ0n) is 9.96. The van der Waals surface area contributed by atoms with Crippen molar-refractivity contribution in [3.8, 4) is 0 Å². The van der Waals surface area contributed by atoms with Crippen LogP contribution in [0.15, 0.2) is 0 Å². The van der Waals surface area contributed by atoms with Crippen LogP contribution in [-0.4, -0.2) is 51.3 Å². The summed E-state index contributed by atoms with van der Waals surface area (Å²) in [5, 5.41) is 9.02. The molecule has 2 aliphatic rings. The number of carboxylic acid groups (broad SMARTS) is 1. The summed E-state index contributed by atoms with van der Waals surface area (Å²) in [7, 11) is 0. The maximum atomic E-state index is 12.2. The fourth-order valence-corrected chi connectivity index (χ4v) is 3.49. The van der Waals surface area contributed by atoms with Gasteiger partial charge in [0.05, 0.1) is 11.5 Å². The third kappa shape index (κ3) is 2.42. The first-order chi connectivity index (χ1) is 8.00. The maximum absolute atomic E-state index is 12.2. The van der Waals surface area contributed by atoms with Crippen molar-refractivity contribution in [3.05, 3.63) is 0 Å². The standard InChI is InChI=1S/C11H17NO4S/c1-6-3-4-9(16-6)10(13)12-7(2)17-5-8(12)11(14)15/h6-9H,3-5H2,1-2H3,(H,14,15). The minimum Gasteiger partial charge on any atom is -0.480 e. The molecule has 4 atom stereocenters. The van der Waals surface area contributed by atoms with E-state index in [0.717, 1.165) is 6.42 Å². The molecule has 17 heavy (non-hydrogen) atoms. The highest BCUT2D eigenvalue weighted by Crippen LogP contribution is 2.32. The highest BCUT2D eigenvalue weighted by molar-refractivity contribution is 8.00. The van der Waals surface area contributed by atoms with E-state index in [2.05, 4.69) is 0 Å². The van der Waals surface area contributed by atoms with Gasteiger partial charge in [0.2, 0.25) is 0 Å². The second kappa shape index (κ2) is 4.86. The van der Waals surface area contributed by atoms with Crippen molar-refractivity contribution in [1.82, 2.24) is 4.90 Å². The third-order valence-corrected chi connectivity index (χ3v) is 4.49. The zero-order valence-corrected chi connectivity index (χ0v) is 10.8. The molecule has 96 valence electrons. The molecule has 0 bridgehead atoms. The summed E-state index contributed by atoms with van der Waals surface area (Å²) in [6.45, 7) is 3.80. The lowest BCUT2D eigenvalue weighted by Gasteiger charge is -2.27. The lowest BCUT2D eigenvalue weighted by molar-refractivity contribution is -0.154. The van der Waals surface area contributed by atoms with Gasteiger partial charge in [-0.2, -0.15) is 0 Å². The molecular weight excluding hydrogens is 242 g/mol. The molecule has 0 saturated carbocycles. The molecule has 0 aromatic rings. The second-order valence-corrected chi connectivity index (χ2v) is 5.89.